The van der Waals surface area contributed by atoms with E-state index in [2.05, 4.69) is 15.7 Å². The van der Waals surface area contributed by atoms with Gasteiger partial charge in [0.05, 0.1) is 12.2 Å². The Morgan fingerprint density at radius 2 is 2.21 bits per heavy atom. The zero-order valence-corrected chi connectivity index (χ0v) is 11.1. The number of nitrogens with zero attached hydrogens (tertiary/aromatic N) is 2. The minimum atomic E-state index is -0.244. The average Bonchev–Trinajstić information content (AvgIpc) is 2.88. The van der Waals surface area contributed by atoms with Gasteiger partial charge in [-0.1, -0.05) is 19.3 Å². The molecule has 2 amide bonds. The van der Waals surface area contributed by atoms with E-state index < -0.39 is 0 Å². The third-order valence-electron chi connectivity index (χ3n) is 3.45. The summed E-state index contributed by atoms with van der Waals surface area (Å²) in [5.41, 5.74) is 0. The van der Waals surface area contributed by atoms with Crippen molar-refractivity contribution >= 4 is 11.8 Å². The van der Waals surface area contributed by atoms with Crippen molar-refractivity contribution in [1.82, 2.24) is 15.1 Å². The zero-order valence-electron chi connectivity index (χ0n) is 11.1. The van der Waals surface area contributed by atoms with Crippen LogP contribution in [0.5, 0.6) is 0 Å². The molecule has 1 aliphatic rings. The van der Waals surface area contributed by atoms with Crippen molar-refractivity contribution in [2.24, 2.45) is 0 Å². The third-order valence-corrected chi connectivity index (χ3v) is 3.45. The van der Waals surface area contributed by atoms with Crippen molar-refractivity contribution in [3.8, 4) is 0 Å². The molecule has 0 unspecified atom stereocenters. The molecule has 1 heterocycles. The molecule has 3 N–H and O–H groups in total. The summed E-state index contributed by atoms with van der Waals surface area (Å²) in [5.74, 6) is 0.744. The smallest absolute Gasteiger partial charge is 0.320 e. The number of carbonyl (C=O) groups is 1. The van der Waals surface area contributed by atoms with Gasteiger partial charge in [-0.2, -0.15) is 5.10 Å². The van der Waals surface area contributed by atoms with E-state index in [-0.39, 0.29) is 12.6 Å². The fraction of sp³-hybridized carbons (Fsp3) is 0.692. The first-order valence-electron chi connectivity index (χ1n) is 7.00. The molecule has 0 aliphatic heterocycles. The molecule has 1 aromatic rings. The summed E-state index contributed by atoms with van der Waals surface area (Å²) >= 11 is 0. The number of anilines is 1. The topological polar surface area (TPSA) is 79.2 Å². The highest BCUT2D eigenvalue weighted by molar-refractivity contribution is 5.88. The van der Waals surface area contributed by atoms with Gasteiger partial charge in [-0.3, -0.25) is 5.32 Å². The van der Waals surface area contributed by atoms with E-state index in [0.29, 0.717) is 19.0 Å². The Balaban J connectivity index is 1.89. The summed E-state index contributed by atoms with van der Waals surface area (Å²) in [6.45, 7) is 0.556. The largest absolute Gasteiger partial charge is 0.396 e. The second-order valence-electron chi connectivity index (χ2n) is 4.91. The van der Waals surface area contributed by atoms with Crippen molar-refractivity contribution in [1.29, 1.82) is 0 Å². The van der Waals surface area contributed by atoms with Gasteiger partial charge in [0.2, 0.25) is 0 Å². The lowest BCUT2D eigenvalue weighted by Gasteiger charge is -2.23. The SMILES string of the molecule is O=C(NCCCO)Nc1ccnn1C1CCCCC1. The van der Waals surface area contributed by atoms with Gasteiger partial charge >= 0.3 is 6.03 Å². The third kappa shape index (κ3) is 3.96. The summed E-state index contributed by atoms with van der Waals surface area (Å²) in [6, 6.07) is 1.97. The molecule has 0 bridgehead atoms. The Morgan fingerprint density at radius 1 is 1.42 bits per heavy atom. The lowest BCUT2D eigenvalue weighted by molar-refractivity contribution is 0.248. The summed E-state index contributed by atoms with van der Waals surface area (Å²) in [7, 11) is 0. The van der Waals surface area contributed by atoms with Crippen LogP contribution < -0.4 is 10.6 Å². The molecule has 1 aliphatic carbocycles. The predicted octanol–water partition coefficient (Wildman–Crippen LogP) is 1.89. The van der Waals surface area contributed by atoms with E-state index in [1.54, 1.807) is 6.20 Å². The molecular formula is C13H22N4O2. The quantitative estimate of drug-likeness (QED) is 0.712. The lowest BCUT2D eigenvalue weighted by atomic mass is 9.96. The van der Waals surface area contributed by atoms with E-state index in [1.807, 2.05) is 10.7 Å². The van der Waals surface area contributed by atoms with Crippen molar-refractivity contribution in [3.63, 3.8) is 0 Å². The minimum Gasteiger partial charge on any atom is -0.396 e. The molecule has 6 heteroatoms. The van der Waals surface area contributed by atoms with Gasteiger partial charge in [0.1, 0.15) is 5.82 Å². The van der Waals surface area contributed by atoms with E-state index in [1.165, 1.54) is 19.3 Å². The minimum absolute atomic E-state index is 0.0836. The molecule has 19 heavy (non-hydrogen) atoms. The average molecular weight is 266 g/mol. The summed E-state index contributed by atoms with van der Waals surface area (Å²) in [4.78, 5) is 11.7. The molecular weight excluding hydrogens is 244 g/mol. The highest BCUT2D eigenvalue weighted by atomic mass is 16.3. The van der Waals surface area contributed by atoms with Crippen LogP contribution in [0.4, 0.5) is 10.6 Å². The Morgan fingerprint density at radius 3 is 2.95 bits per heavy atom. The molecule has 0 atom stereocenters. The first-order valence-corrected chi connectivity index (χ1v) is 7.00. The number of urea groups is 1. The fourth-order valence-corrected chi connectivity index (χ4v) is 2.47. The number of hydrogen-bond donors (Lipinski definition) is 3. The molecule has 0 aromatic carbocycles. The van der Waals surface area contributed by atoms with Crippen LogP contribution in [0, 0.1) is 0 Å². The summed E-state index contributed by atoms with van der Waals surface area (Å²) < 4.78 is 1.92. The van der Waals surface area contributed by atoms with Crippen LogP contribution in [-0.4, -0.2) is 34.1 Å². The van der Waals surface area contributed by atoms with Crippen molar-refractivity contribution in [2.45, 2.75) is 44.6 Å². The van der Waals surface area contributed by atoms with Crippen LogP contribution in [0.25, 0.3) is 0 Å². The predicted molar refractivity (Wildman–Crippen MR) is 73.1 cm³/mol. The van der Waals surface area contributed by atoms with E-state index >= 15 is 0 Å². The molecule has 0 saturated heterocycles. The van der Waals surface area contributed by atoms with Gasteiger partial charge in [0.15, 0.2) is 0 Å². The van der Waals surface area contributed by atoms with Gasteiger partial charge in [-0.25, -0.2) is 9.48 Å². The number of rotatable bonds is 5. The lowest BCUT2D eigenvalue weighted by Crippen LogP contribution is -2.31. The highest BCUT2D eigenvalue weighted by Gasteiger charge is 2.18. The molecule has 0 spiro atoms. The monoisotopic (exact) mass is 266 g/mol. The Hall–Kier alpha value is -1.56. The number of aromatic nitrogens is 2. The van der Waals surface area contributed by atoms with Gasteiger partial charge in [-0.05, 0) is 19.3 Å². The Labute approximate surface area is 113 Å². The summed E-state index contributed by atoms with van der Waals surface area (Å²) in [6.07, 6.45) is 8.29. The second kappa shape index (κ2) is 7.13. The molecule has 0 radical (unpaired) electrons. The van der Waals surface area contributed by atoms with E-state index in [4.69, 9.17) is 5.11 Å². The van der Waals surface area contributed by atoms with Crippen molar-refractivity contribution < 1.29 is 9.90 Å². The van der Waals surface area contributed by atoms with E-state index in [0.717, 1.165) is 18.7 Å². The number of nitrogens with one attached hydrogen (secondary N) is 2. The van der Waals surface area contributed by atoms with Crippen molar-refractivity contribution in [3.05, 3.63) is 12.3 Å². The zero-order chi connectivity index (χ0) is 13.5. The molecule has 1 fully saturated rings. The first-order chi connectivity index (χ1) is 9.31. The first kappa shape index (κ1) is 13.9. The van der Waals surface area contributed by atoms with Gasteiger partial charge in [-0.15, -0.1) is 0 Å². The maximum atomic E-state index is 11.7. The van der Waals surface area contributed by atoms with Crippen LogP contribution in [0.1, 0.15) is 44.6 Å². The Bertz CT molecular complexity index is 399. The van der Waals surface area contributed by atoms with Crippen LogP contribution >= 0.6 is 0 Å². The van der Waals surface area contributed by atoms with Gasteiger partial charge < -0.3 is 10.4 Å². The van der Waals surface area contributed by atoms with Crippen LogP contribution in [0.3, 0.4) is 0 Å². The molecule has 6 nitrogen and oxygen atoms in total. The number of amides is 2. The highest BCUT2D eigenvalue weighted by Crippen LogP contribution is 2.29. The van der Waals surface area contributed by atoms with Crippen molar-refractivity contribution in [2.75, 3.05) is 18.5 Å². The number of aliphatic hydroxyl groups excluding tert-OH is 1. The fourth-order valence-electron chi connectivity index (χ4n) is 2.47. The number of carbonyl (C=O) groups excluding carboxylic acids is 1. The molecule has 1 aromatic heterocycles. The Kier molecular flexibility index (Phi) is 5.20. The number of aliphatic hydroxyl groups is 1. The summed E-state index contributed by atoms with van der Waals surface area (Å²) in [5, 5.41) is 18.5. The second-order valence-corrected chi connectivity index (χ2v) is 4.91. The molecule has 1 saturated carbocycles. The normalized spacial score (nSPS) is 16.3. The van der Waals surface area contributed by atoms with Crippen LogP contribution in [0.15, 0.2) is 12.3 Å². The van der Waals surface area contributed by atoms with E-state index in [9.17, 15) is 4.79 Å². The van der Waals surface area contributed by atoms with Gasteiger partial charge in [0.25, 0.3) is 0 Å². The maximum Gasteiger partial charge on any atom is 0.320 e. The van der Waals surface area contributed by atoms with Crippen LogP contribution in [-0.2, 0) is 0 Å². The molecule has 106 valence electrons. The standard InChI is InChI=1S/C13H22N4O2/c18-10-4-8-14-13(19)16-12-7-9-15-17(12)11-5-2-1-3-6-11/h7,9,11,18H,1-6,8,10H2,(H2,14,16,19). The molecule has 2 rings (SSSR count). The number of hydrogen-bond acceptors (Lipinski definition) is 3. The van der Waals surface area contributed by atoms with Crippen LogP contribution in [0.2, 0.25) is 0 Å². The van der Waals surface area contributed by atoms with Gasteiger partial charge in [0, 0.05) is 19.2 Å². The maximum absolute atomic E-state index is 11.7.